The molecule has 0 unspecified atom stereocenters. The number of aliphatic hydroxyl groups is 1. The van der Waals surface area contributed by atoms with Crippen LogP contribution in [-0.4, -0.2) is 72.4 Å². The number of carbonyl (C=O) groups excluding carboxylic acids is 1. The minimum absolute atomic E-state index is 0.0569. The lowest BCUT2D eigenvalue weighted by Gasteiger charge is -2.40. The monoisotopic (exact) mass is 294 g/mol. The van der Waals surface area contributed by atoms with Crippen LogP contribution >= 0.6 is 0 Å². The van der Waals surface area contributed by atoms with Gasteiger partial charge >= 0.3 is 0 Å². The van der Waals surface area contributed by atoms with Crippen molar-refractivity contribution in [2.45, 2.75) is 37.7 Å². The van der Waals surface area contributed by atoms with Gasteiger partial charge < -0.3 is 14.7 Å². The fraction of sp³-hybridized carbons (Fsp3) is 0.812. The van der Waals surface area contributed by atoms with Crippen LogP contribution in [0.15, 0.2) is 11.6 Å². The lowest BCUT2D eigenvalue weighted by atomic mass is 9.91. The maximum absolute atomic E-state index is 12.6. The summed E-state index contributed by atoms with van der Waals surface area (Å²) >= 11 is 0. The van der Waals surface area contributed by atoms with E-state index < -0.39 is 5.60 Å². The molecule has 0 aromatic heterocycles. The van der Waals surface area contributed by atoms with Crippen molar-refractivity contribution in [3.8, 4) is 0 Å². The lowest BCUT2D eigenvalue weighted by molar-refractivity contribution is -0.155. The standard InChI is InChI=1S/C16H26N2O3/c19-15(18-8-1-2-9-18)16(20)6-4-7-17(13-16)11-14-5-3-10-21-12-14/h5,20H,1-4,6-13H2/t16-/m1/s1. The fourth-order valence-electron chi connectivity index (χ4n) is 3.65. The van der Waals surface area contributed by atoms with Crippen LogP contribution in [0.5, 0.6) is 0 Å². The number of nitrogens with zero attached hydrogens (tertiary/aromatic N) is 2. The minimum atomic E-state index is -1.18. The van der Waals surface area contributed by atoms with Crippen LogP contribution in [0.25, 0.3) is 0 Å². The Hall–Kier alpha value is -0.910. The third kappa shape index (κ3) is 3.47. The molecule has 1 atom stereocenters. The van der Waals surface area contributed by atoms with Crippen molar-refractivity contribution in [3.05, 3.63) is 11.6 Å². The lowest BCUT2D eigenvalue weighted by Crippen LogP contribution is -2.57. The van der Waals surface area contributed by atoms with Gasteiger partial charge in [-0.05, 0) is 44.2 Å². The van der Waals surface area contributed by atoms with E-state index in [9.17, 15) is 9.90 Å². The molecule has 3 aliphatic heterocycles. The Bertz CT molecular complexity index is 418. The Kier molecular flexibility index (Phi) is 4.62. The Morgan fingerprint density at radius 3 is 2.81 bits per heavy atom. The summed E-state index contributed by atoms with van der Waals surface area (Å²) < 4.78 is 5.47. The summed E-state index contributed by atoms with van der Waals surface area (Å²) in [4.78, 5) is 16.6. The van der Waals surface area contributed by atoms with Gasteiger partial charge in [0, 0.05) is 26.2 Å². The second-order valence-corrected chi connectivity index (χ2v) is 6.55. The zero-order chi connectivity index (χ0) is 14.7. The minimum Gasteiger partial charge on any atom is -0.379 e. The molecule has 0 spiro atoms. The first-order valence-electron chi connectivity index (χ1n) is 8.17. The summed E-state index contributed by atoms with van der Waals surface area (Å²) in [7, 11) is 0. The number of piperidine rings is 1. The highest BCUT2D eigenvalue weighted by molar-refractivity contribution is 5.85. The fourth-order valence-corrected chi connectivity index (χ4v) is 3.65. The van der Waals surface area contributed by atoms with Crippen LogP contribution < -0.4 is 0 Å². The van der Waals surface area contributed by atoms with Gasteiger partial charge in [-0.2, -0.15) is 0 Å². The average Bonchev–Trinajstić information content (AvgIpc) is 3.02. The summed E-state index contributed by atoms with van der Waals surface area (Å²) in [5, 5.41) is 10.8. The van der Waals surface area contributed by atoms with E-state index in [-0.39, 0.29) is 5.91 Å². The van der Waals surface area contributed by atoms with Gasteiger partial charge in [0.2, 0.25) is 0 Å². The number of ether oxygens (including phenoxy) is 1. The van der Waals surface area contributed by atoms with E-state index in [1.54, 1.807) is 0 Å². The van der Waals surface area contributed by atoms with Crippen molar-refractivity contribution < 1.29 is 14.6 Å². The molecule has 2 saturated heterocycles. The maximum atomic E-state index is 12.6. The van der Waals surface area contributed by atoms with Gasteiger partial charge in [-0.25, -0.2) is 0 Å². The first-order valence-corrected chi connectivity index (χ1v) is 8.17. The predicted octanol–water partition coefficient (Wildman–Crippen LogP) is 0.782. The normalized spacial score (nSPS) is 31.3. The summed E-state index contributed by atoms with van der Waals surface area (Å²) in [6.07, 6.45) is 6.81. The molecular weight excluding hydrogens is 268 g/mol. The second kappa shape index (κ2) is 6.46. The number of carbonyl (C=O) groups is 1. The molecule has 0 aliphatic carbocycles. The van der Waals surface area contributed by atoms with Crippen molar-refractivity contribution in [1.82, 2.24) is 9.80 Å². The van der Waals surface area contributed by atoms with Gasteiger partial charge in [-0.3, -0.25) is 9.69 Å². The van der Waals surface area contributed by atoms with E-state index >= 15 is 0 Å². The first kappa shape index (κ1) is 15.0. The number of rotatable bonds is 3. The number of amides is 1. The Morgan fingerprint density at radius 1 is 1.29 bits per heavy atom. The number of likely N-dealkylation sites (tertiary alicyclic amines) is 2. The highest BCUT2D eigenvalue weighted by atomic mass is 16.5. The van der Waals surface area contributed by atoms with Gasteiger partial charge in [-0.1, -0.05) is 6.08 Å². The van der Waals surface area contributed by atoms with E-state index in [2.05, 4.69) is 11.0 Å². The highest BCUT2D eigenvalue weighted by Gasteiger charge is 2.43. The van der Waals surface area contributed by atoms with Crippen molar-refractivity contribution in [3.63, 3.8) is 0 Å². The molecule has 1 amide bonds. The van der Waals surface area contributed by atoms with Gasteiger partial charge in [-0.15, -0.1) is 0 Å². The van der Waals surface area contributed by atoms with E-state index in [1.165, 1.54) is 5.57 Å². The molecule has 3 rings (SSSR count). The van der Waals surface area contributed by atoms with E-state index in [4.69, 9.17) is 4.74 Å². The molecule has 0 saturated carbocycles. The van der Waals surface area contributed by atoms with Crippen molar-refractivity contribution in [2.24, 2.45) is 0 Å². The smallest absolute Gasteiger partial charge is 0.255 e. The molecule has 21 heavy (non-hydrogen) atoms. The summed E-state index contributed by atoms with van der Waals surface area (Å²) in [5.74, 6) is -0.0569. The van der Waals surface area contributed by atoms with E-state index in [1.807, 2.05) is 4.90 Å². The highest BCUT2D eigenvalue weighted by Crippen LogP contribution is 2.26. The Morgan fingerprint density at radius 2 is 2.10 bits per heavy atom. The zero-order valence-electron chi connectivity index (χ0n) is 12.7. The summed E-state index contributed by atoms with van der Waals surface area (Å²) in [6.45, 7) is 5.33. The topological polar surface area (TPSA) is 53.0 Å². The molecule has 118 valence electrons. The van der Waals surface area contributed by atoms with Gasteiger partial charge in [0.15, 0.2) is 5.60 Å². The Labute approximate surface area is 126 Å². The van der Waals surface area contributed by atoms with Crippen LogP contribution in [0.2, 0.25) is 0 Å². The molecular formula is C16H26N2O3. The third-order valence-electron chi connectivity index (χ3n) is 4.75. The quantitative estimate of drug-likeness (QED) is 0.782. The van der Waals surface area contributed by atoms with Crippen LogP contribution in [0.4, 0.5) is 0 Å². The second-order valence-electron chi connectivity index (χ2n) is 6.55. The number of hydrogen-bond donors (Lipinski definition) is 1. The van der Waals surface area contributed by atoms with Crippen LogP contribution in [0.3, 0.4) is 0 Å². The molecule has 5 heteroatoms. The molecule has 0 aromatic carbocycles. The van der Waals surface area contributed by atoms with E-state index in [0.717, 1.165) is 58.5 Å². The molecule has 2 fully saturated rings. The maximum Gasteiger partial charge on any atom is 0.255 e. The number of hydrogen-bond acceptors (Lipinski definition) is 4. The molecule has 5 nitrogen and oxygen atoms in total. The summed E-state index contributed by atoms with van der Waals surface area (Å²) in [5.41, 5.74) is 0.0951. The zero-order valence-corrected chi connectivity index (χ0v) is 12.7. The van der Waals surface area contributed by atoms with Crippen LogP contribution in [0, 0.1) is 0 Å². The molecule has 3 aliphatic rings. The van der Waals surface area contributed by atoms with Crippen LogP contribution in [0.1, 0.15) is 32.1 Å². The summed E-state index contributed by atoms with van der Waals surface area (Å²) in [6, 6.07) is 0. The van der Waals surface area contributed by atoms with Crippen molar-refractivity contribution in [1.29, 1.82) is 0 Å². The predicted molar refractivity (Wildman–Crippen MR) is 80.0 cm³/mol. The van der Waals surface area contributed by atoms with Gasteiger partial charge in [0.05, 0.1) is 13.2 Å². The molecule has 0 aromatic rings. The molecule has 3 heterocycles. The van der Waals surface area contributed by atoms with Gasteiger partial charge in [0.1, 0.15) is 0 Å². The van der Waals surface area contributed by atoms with Gasteiger partial charge in [0.25, 0.3) is 5.91 Å². The average molecular weight is 294 g/mol. The largest absolute Gasteiger partial charge is 0.379 e. The molecule has 0 radical (unpaired) electrons. The SMILES string of the molecule is O=C(N1CCCC1)[C@@]1(O)CCCN(CC2=CCCOC2)C1. The Balaban J connectivity index is 1.61. The number of β-amino-alcohol motifs (C(OH)–C–C–N with tert-alkyl or cyclic N) is 1. The van der Waals surface area contributed by atoms with Crippen molar-refractivity contribution in [2.75, 3.05) is 45.9 Å². The third-order valence-corrected chi connectivity index (χ3v) is 4.75. The first-order chi connectivity index (χ1) is 10.2. The molecule has 0 bridgehead atoms. The van der Waals surface area contributed by atoms with E-state index in [0.29, 0.717) is 19.6 Å². The van der Waals surface area contributed by atoms with Crippen LogP contribution in [-0.2, 0) is 9.53 Å². The van der Waals surface area contributed by atoms with Crippen molar-refractivity contribution >= 4 is 5.91 Å². The molecule has 1 N–H and O–H groups in total.